The number of hydrogen-bond donors (Lipinski definition) is 2. The predicted molar refractivity (Wildman–Crippen MR) is 28.0 cm³/mol. The van der Waals surface area contributed by atoms with Gasteiger partial charge in [-0.1, -0.05) is 5.22 Å². The van der Waals surface area contributed by atoms with Crippen LogP contribution in [-0.4, -0.2) is 19.5 Å². The van der Waals surface area contributed by atoms with Crippen LogP contribution in [0.2, 0.25) is 0 Å². The van der Waals surface area contributed by atoms with E-state index in [9.17, 15) is 4.79 Å². The van der Waals surface area contributed by atoms with E-state index in [0.717, 1.165) is 0 Å². The summed E-state index contributed by atoms with van der Waals surface area (Å²) in [5, 5.41) is 8.47. The van der Waals surface area contributed by atoms with Crippen molar-refractivity contribution in [2.75, 3.05) is 13.6 Å². The third-order valence-electron chi connectivity index (χ3n) is 0.575. The third kappa shape index (κ3) is 3.08. The van der Waals surface area contributed by atoms with Crippen molar-refractivity contribution in [3.05, 3.63) is 0 Å². The SMILES string of the molecule is CNC(=O)CN=NN. The molecule has 0 aromatic rings. The fourth-order valence-electron chi connectivity index (χ4n) is 0.184. The summed E-state index contributed by atoms with van der Waals surface area (Å²) in [5.41, 5.74) is 0. The van der Waals surface area contributed by atoms with E-state index in [1.807, 2.05) is 0 Å². The molecule has 0 rings (SSSR count). The molecule has 0 aliphatic rings. The molecule has 0 spiro atoms. The molecule has 46 valence electrons. The van der Waals surface area contributed by atoms with Gasteiger partial charge in [0.2, 0.25) is 5.91 Å². The number of carbonyl (C=O) groups is 1. The van der Waals surface area contributed by atoms with Crippen LogP contribution in [-0.2, 0) is 4.79 Å². The zero-order valence-electron chi connectivity index (χ0n) is 4.59. The quantitative estimate of drug-likeness (QED) is 0.277. The molecule has 5 heteroatoms. The van der Waals surface area contributed by atoms with Crippen molar-refractivity contribution >= 4 is 5.91 Å². The first-order valence-corrected chi connectivity index (χ1v) is 2.08. The van der Waals surface area contributed by atoms with Crippen molar-refractivity contribution in [2.24, 2.45) is 16.2 Å². The monoisotopic (exact) mass is 116 g/mol. The lowest BCUT2D eigenvalue weighted by atomic mass is 10.6. The largest absolute Gasteiger partial charge is 0.358 e. The van der Waals surface area contributed by atoms with Gasteiger partial charge in [-0.3, -0.25) is 4.79 Å². The van der Waals surface area contributed by atoms with Gasteiger partial charge in [0, 0.05) is 7.05 Å². The molecule has 0 saturated carbocycles. The number of likely N-dealkylation sites (N-methyl/N-ethyl adjacent to an activating group) is 1. The molecule has 0 bridgehead atoms. The van der Waals surface area contributed by atoms with Gasteiger partial charge in [0.15, 0.2) is 0 Å². The Hall–Kier alpha value is -1.13. The van der Waals surface area contributed by atoms with E-state index in [1.165, 1.54) is 7.05 Å². The fraction of sp³-hybridized carbons (Fsp3) is 0.667. The molecule has 0 aliphatic heterocycles. The molecule has 3 N–H and O–H groups in total. The fourth-order valence-corrected chi connectivity index (χ4v) is 0.184. The van der Waals surface area contributed by atoms with Gasteiger partial charge < -0.3 is 11.2 Å². The van der Waals surface area contributed by atoms with Gasteiger partial charge in [0.05, 0.1) is 0 Å². The van der Waals surface area contributed by atoms with Gasteiger partial charge in [0.1, 0.15) is 6.54 Å². The van der Waals surface area contributed by atoms with Gasteiger partial charge in [-0.05, 0) is 0 Å². The molecule has 0 heterocycles. The Balaban J connectivity index is 3.25. The van der Waals surface area contributed by atoms with Gasteiger partial charge in [-0.25, -0.2) is 0 Å². The smallest absolute Gasteiger partial charge is 0.243 e. The highest BCUT2D eigenvalue weighted by Crippen LogP contribution is 1.67. The van der Waals surface area contributed by atoms with Crippen molar-refractivity contribution in [2.45, 2.75) is 0 Å². The van der Waals surface area contributed by atoms with Gasteiger partial charge in [-0.2, -0.15) is 5.11 Å². The molecule has 0 aromatic carbocycles. The van der Waals surface area contributed by atoms with E-state index in [0.29, 0.717) is 0 Å². The van der Waals surface area contributed by atoms with Gasteiger partial charge >= 0.3 is 0 Å². The number of nitrogens with two attached hydrogens (primary N) is 1. The van der Waals surface area contributed by atoms with E-state index < -0.39 is 0 Å². The Morgan fingerprint density at radius 3 is 2.88 bits per heavy atom. The Morgan fingerprint density at radius 2 is 2.50 bits per heavy atom. The number of hydrogen-bond acceptors (Lipinski definition) is 3. The van der Waals surface area contributed by atoms with E-state index in [2.05, 4.69) is 21.5 Å². The van der Waals surface area contributed by atoms with Crippen LogP contribution in [0.4, 0.5) is 0 Å². The third-order valence-corrected chi connectivity index (χ3v) is 0.575. The summed E-state index contributed by atoms with van der Waals surface area (Å²) in [6.45, 7) is 0.00694. The Bertz CT molecular complexity index is 99.5. The Morgan fingerprint density at radius 1 is 1.88 bits per heavy atom. The number of carbonyl (C=O) groups excluding carboxylic acids is 1. The average molecular weight is 116 g/mol. The van der Waals surface area contributed by atoms with Crippen LogP contribution in [0.5, 0.6) is 0 Å². The molecule has 0 atom stereocenters. The van der Waals surface area contributed by atoms with E-state index in [-0.39, 0.29) is 12.5 Å². The minimum atomic E-state index is -0.195. The number of rotatable bonds is 2. The number of nitrogens with zero attached hydrogens (tertiary/aromatic N) is 2. The van der Waals surface area contributed by atoms with Crippen molar-refractivity contribution in [3.63, 3.8) is 0 Å². The highest BCUT2D eigenvalue weighted by Gasteiger charge is 1.90. The lowest BCUT2D eigenvalue weighted by molar-refractivity contribution is -0.119. The van der Waals surface area contributed by atoms with E-state index >= 15 is 0 Å². The first-order valence-electron chi connectivity index (χ1n) is 2.08. The van der Waals surface area contributed by atoms with Gasteiger partial charge in [-0.15, -0.1) is 0 Å². The molecule has 0 fully saturated rings. The molecule has 8 heavy (non-hydrogen) atoms. The van der Waals surface area contributed by atoms with Crippen LogP contribution in [0.25, 0.3) is 0 Å². The molecule has 0 saturated heterocycles. The van der Waals surface area contributed by atoms with Crippen LogP contribution in [0, 0.1) is 0 Å². The summed E-state index contributed by atoms with van der Waals surface area (Å²) in [4.78, 5) is 10.3. The van der Waals surface area contributed by atoms with E-state index in [4.69, 9.17) is 0 Å². The zero-order valence-corrected chi connectivity index (χ0v) is 4.59. The first kappa shape index (κ1) is 6.87. The lowest BCUT2D eigenvalue weighted by Gasteiger charge is -1.88. The molecular formula is C3H8N4O. The van der Waals surface area contributed by atoms with Gasteiger partial charge in [0.25, 0.3) is 0 Å². The minimum absolute atomic E-state index is 0.00694. The van der Waals surface area contributed by atoms with Crippen LogP contribution >= 0.6 is 0 Å². The molecule has 5 nitrogen and oxygen atoms in total. The number of amides is 1. The van der Waals surface area contributed by atoms with Crippen LogP contribution in [0.15, 0.2) is 10.3 Å². The Labute approximate surface area is 46.9 Å². The standard InChI is InChI=1S/C3H8N4O/c1-5-3(8)2-6-7-4/h2H2,1H3,(H2,4,6)(H,5,8). The summed E-state index contributed by atoms with van der Waals surface area (Å²) >= 11 is 0. The first-order chi connectivity index (χ1) is 3.81. The summed E-state index contributed by atoms with van der Waals surface area (Å²) < 4.78 is 0. The molecule has 0 radical (unpaired) electrons. The maximum atomic E-state index is 10.3. The van der Waals surface area contributed by atoms with Crippen molar-refractivity contribution in [3.8, 4) is 0 Å². The maximum Gasteiger partial charge on any atom is 0.243 e. The normalized spacial score (nSPS) is 9.62. The second kappa shape index (κ2) is 4.04. The van der Waals surface area contributed by atoms with Crippen LogP contribution in [0.3, 0.4) is 0 Å². The second-order valence-corrected chi connectivity index (χ2v) is 1.09. The van der Waals surface area contributed by atoms with E-state index in [1.54, 1.807) is 0 Å². The molecular weight excluding hydrogens is 108 g/mol. The van der Waals surface area contributed by atoms with Crippen LogP contribution in [0.1, 0.15) is 0 Å². The Kier molecular flexibility index (Phi) is 3.47. The molecule has 0 unspecified atom stereocenters. The van der Waals surface area contributed by atoms with Crippen molar-refractivity contribution in [1.29, 1.82) is 0 Å². The molecule has 0 aliphatic carbocycles. The summed E-state index contributed by atoms with van der Waals surface area (Å²) in [6, 6.07) is 0. The highest BCUT2D eigenvalue weighted by atomic mass is 16.1. The highest BCUT2D eigenvalue weighted by molar-refractivity contribution is 5.77. The topological polar surface area (TPSA) is 79.8 Å². The molecule has 0 aromatic heterocycles. The van der Waals surface area contributed by atoms with Crippen molar-refractivity contribution < 1.29 is 4.79 Å². The maximum absolute atomic E-state index is 10.3. The minimum Gasteiger partial charge on any atom is -0.358 e. The molecule has 1 amide bonds. The lowest BCUT2D eigenvalue weighted by Crippen LogP contribution is -2.20. The van der Waals surface area contributed by atoms with Crippen LogP contribution < -0.4 is 11.2 Å². The zero-order chi connectivity index (χ0) is 6.41. The predicted octanol–water partition coefficient (Wildman–Crippen LogP) is -0.942. The summed E-state index contributed by atoms with van der Waals surface area (Å²) in [7, 11) is 1.52. The summed E-state index contributed by atoms with van der Waals surface area (Å²) in [5.74, 6) is 4.41. The summed E-state index contributed by atoms with van der Waals surface area (Å²) in [6.07, 6.45) is 0. The average Bonchev–Trinajstić information content (AvgIpc) is 1.83. The van der Waals surface area contributed by atoms with Crippen molar-refractivity contribution in [1.82, 2.24) is 5.32 Å². The number of nitrogens with one attached hydrogen (secondary N) is 1. The second-order valence-electron chi connectivity index (χ2n) is 1.09.